The molecule has 19 heavy (non-hydrogen) atoms. The molecule has 0 atom stereocenters. The van der Waals surface area contributed by atoms with Crippen LogP contribution in [0.3, 0.4) is 0 Å². The molecule has 2 rings (SSSR count). The van der Waals surface area contributed by atoms with E-state index >= 15 is 0 Å². The van der Waals surface area contributed by atoms with E-state index in [1.165, 1.54) is 12.1 Å². The maximum atomic E-state index is 13.3. The highest BCUT2D eigenvalue weighted by Gasteiger charge is 2.08. The van der Waals surface area contributed by atoms with Gasteiger partial charge in [0, 0.05) is 20.2 Å². The van der Waals surface area contributed by atoms with Crippen molar-refractivity contribution >= 4 is 60.4 Å². The Kier molecular flexibility index (Phi) is 4.54. The third-order valence-electron chi connectivity index (χ3n) is 2.44. The number of benzene rings is 2. The first-order valence-corrected chi connectivity index (χ1v) is 7.28. The van der Waals surface area contributed by atoms with Crippen molar-refractivity contribution < 1.29 is 4.39 Å². The first kappa shape index (κ1) is 14.4. The number of nitrogens with two attached hydrogens (primary N) is 1. The van der Waals surface area contributed by atoms with Crippen molar-refractivity contribution in [3.8, 4) is 0 Å². The van der Waals surface area contributed by atoms with Crippen LogP contribution < -0.4 is 11.1 Å². The zero-order valence-electron chi connectivity index (χ0n) is 9.58. The molecule has 0 heterocycles. The Labute approximate surface area is 132 Å². The second-order valence-corrected chi connectivity index (χ2v) is 6.01. The summed E-state index contributed by atoms with van der Waals surface area (Å²) in [4.78, 5) is 0.274. The summed E-state index contributed by atoms with van der Waals surface area (Å²) in [6.45, 7) is 0. The van der Waals surface area contributed by atoms with Crippen LogP contribution in [0.5, 0.6) is 0 Å². The van der Waals surface area contributed by atoms with Gasteiger partial charge in [-0.15, -0.1) is 0 Å². The molecule has 0 radical (unpaired) electrons. The van der Waals surface area contributed by atoms with E-state index in [9.17, 15) is 4.39 Å². The van der Waals surface area contributed by atoms with Crippen LogP contribution in [-0.4, -0.2) is 4.99 Å². The van der Waals surface area contributed by atoms with Gasteiger partial charge in [0.25, 0.3) is 0 Å². The predicted molar refractivity (Wildman–Crippen MR) is 87.4 cm³/mol. The standard InChI is InChI=1S/C13H9Br2FN2S/c14-7-1-4-11(9(5-7)13(17)19)18-12-6-8(16)2-3-10(12)15/h1-6,18H,(H2,17,19). The van der Waals surface area contributed by atoms with Gasteiger partial charge in [0.1, 0.15) is 10.8 Å². The van der Waals surface area contributed by atoms with Crippen molar-refractivity contribution in [2.45, 2.75) is 0 Å². The van der Waals surface area contributed by atoms with Crippen LogP contribution in [0.4, 0.5) is 15.8 Å². The van der Waals surface area contributed by atoms with Crippen molar-refractivity contribution in [1.82, 2.24) is 0 Å². The van der Waals surface area contributed by atoms with E-state index in [4.69, 9.17) is 18.0 Å². The number of halogens is 3. The number of hydrogen-bond acceptors (Lipinski definition) is 2. The molecule has 0 aromatic heterocycles. The van der Waals surface area contributed by atoms with Crippen molar-refractivity contribution in [2.24, 2.45) is 5.73 Å². The maximum Gasteiger partial charge on any atom is 0.125 e. The van der Waals surface area contributed by atoms with Gasteiger partial charge in [-0.05, 0) is 52.3 Å². The third-order valence-corrected chi connectivity index (χ3v) is 3.85. The Morgan fingerprint density at radius 3 is 2.53 bits per heavy atom. The lowest BCUT2D eigenvalue weighted by molar-refractivity contribution is 0.628. The highest BCUT2D eigenvalue weighted by molar-refractivity contribution is 9.10. The van der Waals surface area contributed by atoms with Crippen LogP contribution in [0.15, 0.2) is 45.3 Å². The lowest BCUT2D eigenvalue weighted by atomic mass is 10.1. The predicted octanol–water partition coefficient (Wildman–Crippen LogP) is 4.73. The van der Waals surface area contributed by atoms with Gasteiger partial charge >= 0.3 is 0 Å². The van der Waals surface area contributed by atoms with E-state index in [1.807, 2.05) is 18.2 Å². The number of rotatable bonds is 3. The lowest BCUT2D eigenvalue weighted by Crippen LogP contribution is -2.12. The average molecular weight is 404 g/mol. The highest BCUT2D eigenvalue weighted by Crippen LogP contribution is 2.29. The molecule has 0 fully saturated rings. The Morgan fingerprint density at radius 2 is 1.84 bits per heavy atom. The summed E-state index contributed by atoms with van der Waals surface area (Å²) in [5.74, 6) is -0.320. The summed E-state index contributed by atoms with van der Waals surface area (Å²) < 4.78 is 14.9. The smallest absolute Gasteiger partial charge is 0.125 e. The van der Waals surface area contributed by atoms with Gasteiger partial charge in [0.15, 0.2) is 0 Å². The van der Waals surface area contributed by atoms with Crippen LogP contribution in [0.1, 0.15) is 5.56 Å². The molecule has 3 N–H and O–H groups in total. The molecule has 2 aromatic carbocycles. The first-order chi connectivity index (χ1) is 8.97. The number of hydrogen-bond donors (Lipinski definition) is 2. The molecule has 2 nitrogen and oxygen atoms in total. The Morgan fingerprint density at radius 1 is 1.11 bits per heavy atom. The molecular formula is C13H9Br2FN2S. The van der Waals surface area contributed by atoms with E-state index in [0.717, 1.165) is 14.6 Å². The molecular weight excluding hydrogens is 395 g/mol. The molecule has 0 saturated heterocycles. The van der Waals surface area contributed by atoms with Crippen LogP contribution in [0.2, 0.25) is 0 Å². The van der Waals surface area contributed by atoms with Gasteiger partial charge in [-0.2, -0.15) is 0 Å². The van der Waals surface area contributed by atoms with Crippen LogP contribution in [0.25, 0.3) is 0 Å². The average Bonchev–Trinajstić information content (AvgIpc) is 2.35. The largest absolute Gasteiger partial charge is 0.389 e. The number of anilines is 2. The summed E-state index contributed by atoms with van der Waals surface area (Å²) in [6.07, 6.45) is 0. The fraction of sp³-hybridized carbons (Fsp3) is 0. The van der Waals surface area contributed by atoms with E-state index < -0.39 is 0 Å². The minimum atomic E-state index is -0.320. The Bertz CT molecular complexity index is 647. The minimum Gasteiger partial charge on any atom is -0.389 e. The quantitative estimate of drug-likeness (QED) is 0.727. The Hall–Kier alpha value is -0.980. The van der Waals surface area contributed by atoms with Gasteiger partial charge in [0.05, 0.1) is 5.69 Å². The van der Waals surface area contributed by atoms with E-state index in [1.54, 1.807) is 6.07 Å². The summed E-state index contributed by atoms with van der Waals surface area (Å²) in [5.41, 5.74) is 7.72. The van der Waals surface area contributed by atoms with Gasteiger partial charge < -0.3 is 11.1 Å². The maximum absolute atomic E-state index is 13.3. The summed E-state index contributed by atoms with van der Waals surface area (Å²) in [6, 6.07) is 9.92. The second-order valence-electron chi connectivity index (χ2n) is 3.80. The van der Waals surface area contributed by atoms with Crippen LogP contribution in [-0.2, 0) is 0 Å². The van der Waals surface area contributed by atoms with Crippen molar-refractivity contribution in [1.29, 1.82) is 0 Å². The van der Waals surface area contributed by atoms with Crippen molar-refractivity contribution in [3.63, 3.8) is 0 Å². The normalized spacial score (nSPS) is 10.3. The minimum absolute atomic E-state index is 0.274. The SMILES string of the molecule is NC(=S)c1cc(Br)ccc1Nc1cc(F)ccc1Br. The number of nitrogens with one attached hydrogen (secondary N) is 1. The second kappa shape index (κ2) is 5.98. The molecule has 0 amide bonds. The molecule has 2 aromatic rings. The third kappa shape index (κ3) is 3.52. The molecule has 0 aliphatic heterocycles. The van der Waals surface area contributed by atoms with Gasteiger partial charge in [-0.3, -0.25) is 0 Å². The van der Waals surface area contributed by atoms with Gasteiger partial charge in [-0.25, -0.2) is 4.39 Å². The van der Waals surface area contributed by atoms with Crippen LogP contribution in [0, 0.1) is 5.82 Å². The van der Waals surface area contributed by atoms with Gasteiger partial charge in [0.2, 0.25) is 0 Å². The zero-order valence-corrected chi connectivity index (χ0v) is 13.6. The molecule has 6 heteroatoms. The highest BCUT2D eigenvalue weighted by atomic mass is 79.9. The first-order valence-electron chi connectivity index (χ1n) is 5.29. The molecule has 0 aliphatic carbocycles. The monoisotopic (exact) mass is 402 g/mol. The van der Waals surface area contributed by atoms with E-state index in [2.05, 4.69) is 37.2 Å². The van der Waals surface area contributed by atoms with Crippen molar-refractivity contribution in [2.75, 3.05) is 5.32 Å². The molecule has 98 valence electrons. The summed E-state index contributed by atoms with van der Waals surface area (Å²) >= 11 is 11.7. The molecule has 0 aliphatic rings. The zero-order chi connectivity index (χ0) is 14.0. The summed E-state index contributed by atoms with van der Waals surface area (Å²) in [7, 11) is 0. The van der Waals surface area contributed by atoms with Crippen molar-refractivity contribution in [3.05, 3.63) is 56.7 Å². The topological polar surface area (TPSA) is 38.0 Å². The fourth-order valence-electron chi connectivity index (χ4n) is 1.57. The van der Waals surface area contributed by atoms with E-state index in [0.29, 0.717) is 11.3 Å². The number of thiocarbonyl (C=S) groups is 1. The Balaban J connectivity index is 2.43. The summed E-state index contributed by atoms with van der Waals surface area (Å²) in [5, 5.41) is 3.11. The molecule has 0 bridgehead atoms. The molecule has 0 saturated carbocycles. The van der Waals surface area contributed by atoms with E-state index in [-0.39, 0.29) is 10.8 Å². The van der Waals surface area contributed by atoms with Gasteiger partial charge in [-0.1, -0.05) is 28.1 Å². The van der Waals surface area contributed by atoms with Crippen LogP contribution >= 0.6 is 44.1 Å². The molecule has 0 spiro atoms. The molecule has 0 unspecified atom stereocenters. The fourth-order valence-corrected chi connectivity index (χ4v) is 2.44. The lowest BCUT2D eigenvalue weighted by Gasteiger charge is -2.13.